The first-order chi connectivity index (χ1) is 8.78. The summed E-state index contributed by atoms with van der Waals surface area (Å²) in [6.07, 6.45) is 1.04. The zero-order valence-corrected chi connectivity index (χ0v) is 11.8. The highest BCUT2D eigenvalue weighted by Crippen LogP contribution is 2.31. The van der Waals surface area contributed by atoms with E-state index in [0.29, 0.717) is 5.92 Å². The molecule has 0 aliphatic carbocycles. The lowest BCUT2D eigenvalue weighted by atomic mass is 9.94. The maximum Gasteiger partial charge on any atom is 0.182 e. The van der Waals surface area contributed by atoms with Gasteiger partial charge in [0.15, 0.2) is 5.13 Å². The van der Waals surface area contributed by atoms with E-state index in [0.717, 1.165) is 23.0 Å². The molecule has 1 unspecified atom stereocenters. The Balaban J connectivity index is 2.26. The van der Waals surface area contributed by atoms with E-state index >= 15 is 0 Å². The van der Waals surface area contributed by atoms with Crippen LogP contribution >= 0.6 is 11.3 Å². The Morgan fingerprint density at radius 3 is 2.56 bits per heavy atom. The molecule has 1 aromatic carbocycles. The number of nitrogens with one attached hydrogen (secondary N) is 1. The van der Waals surface area contributed by atoms with Gasteiger partial charge in [0.2, 0.25) is 0 Å². The lowest BCUT2D eigenvalue weighted by molar-refractivity contribution is 0.414. The van der Waals surface area contributed by atoms with Crippen molar-refractivity contribution in [2.45, 2.75) is 19.3 Å². The van der Waals surface area contributed by atoms with Gasteiger partial charge in [-0.25, -0.2) is 4.98 Å². The van der Waals surface area contributed by atoms with Crippen LogP contribution in [0.2, 0.25) is 0 Å². The molecule has 0 fully saturated rings. The number of rotatable bonds is 5. The van der Waals surface area contributed by atoms with Gasteiger partial charge in [0.25, 0.3) is 0 Å². The maximum atomic E-state index is 5.19. The molecule has 0 aliphatic rings. The molecule has 1 atom stereocenters. The molecule has 96 valence electrons. The van der Waals surface area contributed by atoms with E-state index in [4.69, 9.17) is 4.74 Å². The Bertz CT molecular complexity index is 493. The first kappa shape index (κ1) is 12.9. The van der Waals surface area contributed by atoms with Crippen LogP contribution in [0.5, 0.6) is 5.75 Å². The average molecular weight is 262 g/mol. The summed E-state index contributed by atoms with van der Waals surface area (Å²) >= 11 is 1.65. The molecule has 0 radical (unpaired) electrons. The molecule has 1 heterocycles. The summed E-state index contributed by atoms with van der Waals surface area (Å²) < 4.78 is 5.19. The van der Waals surface area contributed by atoms with Crippen molar-refractivity contribution >= 4 is 16.5 Å². The van der Waals surface area contributed by atoms with E-state index in [2.05, 4.69) is 34.7 Å². The maximum absolute atomic E-state index is 5.19. The van der Waals surface area contributed by atoms with Crippen LogP contribution in [-0.4, -0.2) is 19.1 Å². The third kappa shape index (κ3) is 2.64. The molecule has 0 saturated carbocycles. The van der Waals surface area contributed by atoms with Crippen molar-refractivity contribution in [1.29, 1.82) is 0 Å². The van der Waals surface area contributed by atoms with Crippen LogP contribution in [0.4, 0.5) is 5.13 Å². The van der Waals surface area contributed by atoms with E-state index in [9.17, 15) is 0 Å². The number of anilines is 1. The number of nitrogens with zero attached hydrogens (tertiary/aromatic N) is 1. The standard InChI is InChI=1S/C14H18N2OS/c1-4-12(13-9-18-14(15-2)16-13)10-5-7-11(17-3)8-6-10/h5-9,12H,4H2,1-3H3,(H,15,16). The monoisotopic (exact) mass is 262 g/mol. The molecule has 0 spiro atoms. The van der Waals surface area contributed by atoms with Crippen molar-refractivity contribution in [2.24, 2.45) is 0 Å². The summed E-state index contributed by atoms with van der Waals surface area (Å²) in [5, 5.41) is 6.18. The van der Waals surface area contributed by atoms with Crippen LogP contribution in [-0.2, 0) is 0 Å². The SMILES string of the molecule is CCC(c1ccc(OC)cc1)c1csc(NC)n1. The Hall–Kier alpha value is -1.55. The molecule has 4 heteroatoms. The molecule has 0 saturated heterocycles. The minimum Gasteiger partial charge on any atom is -0.497 e. The topological polar surface area (TPSA) is 34.1 Å². The van der Waals surface area contributed by atoms with Crippen molar-refractivity contribution in [2.75, 3.05) is 19.5 Å². The van der Waals surface area contributed by atoms with Crippen molar-refractivity contribution in [3.8, 4) is 5.75 Å². The lowest BCUT2D eigenvalue weighted by Gasteiger charge is -2.13. The number of ether oxygens (including phenoxy) is 1. The Kier molecular flexibility index (Phi) is 4.20. The van der Waals surface area contributed by atoms with Crippen LogP contribution in [0.3, 0.4) is 0 Å². The number of thiazole rings is 1. The molecule has 0 bridgehead atoms. The number of hydrogen-bond acceptors (Lipinski definition) is 4. The van der Waals surface area contributed by atoms with E-state index in [-0.39, 0.29) is 0 Å². The second kappa shape index (κ2) is 5.87. The molecule has 3 nitrogen and oxygen atoms in total. The van der Waals surface area contributed by atoms with Crippen LogP contribution in [0.25, 0.3) is 0 Å². The normalized spacial score (nSPS) is 12.2. The molecule has 0 amide bonds. The number of aromatic nitrogens is 1. The van der Waals surface area contributed by atoms with Crippen LogP contribution in [0.15, 0.2) is 29.6 Å². The van der Waals surface area contributed by atoms with Crippen molar-refractivity contribution < 1.29 is 4.74 Å². The average Bonchev–Trinajstić information content (AvgIpc) is 2.89. The van der Waals surface area contributed by atoms with Crippen molar-refractivity contribution in [3.63, 3.8) is 0 Å². The highest BCUT2D eigenvalue weighted by molar-refractivity contribution is 7.13. The Labute approximate surface area is 112 Å². The summed E-state index contributed by atoms with van der Waals surface area (Å²) in [7, 11) is 3.59. The van der Waals surface area contributed by atoms with Crippen LogP contribution in [0.1, 0.15) is 30.5 Å². The second-order valence-corrected chi connectivity index (χ2v) is 4.92. The molecular weight excluding hydrogens is 244 g/mol. The summed E-state index contributed by atoms with van der Waals surface area (Å²) in [4.78, 5) is 4.60. The summed E-state index contributed by atoms with van der Waals surface area (Å²) in [6, 6.07) is 8.24. The summed E-state index contributed by atoms with van der Waals surface area (Å²) in [5.74, 6) is 1.25. The van der Waals surface area contributed by atoms with Gasteiger partial charge in [0.05, 0.1) is 12.8 Å². The highest BCUT2D eigenvalue weighted by Gasteiger charge is 2.15. The van der Waals surface area contributed by atoms with Crippen LogP contribution in [0, 0.1) is 0 Å². The van der Waals surface area contributed by atoms with Gasteiger partial charge in [0, 0.05) is 18.3 Å². The zero-order valence-electron chi connectivity index (χ0n) is 10.9. The fourth-order valence-corrected chi connectivity index (χ4v) is 2.74. The molecule has 1 aromatic heterocycles. The van der Waals surface area contributed by atoms with Gasteiger partial charge in [-0.15, -0.1) is 11.3 Å². The lowest BCUT2D eigenvalue weighted by Crippen LogP contribution is -2.00. The number of methoxy groups -OCH3 is 1. The summed E-state index contributed by atoms with van der Waals surface area (Å²) in [5.41, 5.74) is 2.42. The van der Waals surface area contributed by atoms with Gasteiger partial charge in [-0.2, -0.15) is 0 Å². The van der Waals surface area contributed by atoms with E-state index in [1.165, 1.54) is 5.56 Å². The largest absolute Gasteiger partial charge is 0.497 e. The minimum atomic E-state index is 0.356. The Morgan fingerprint density at radius 1 is 1.33 bits per heavy atom. The predicted octanol–water partition coefficient (Wildman–Crippen LogP) is 3.74. The molecule has 2 rings (SSSR count). The fourth-order valence-electron chi connectivity index (χ4n) is 2.01. The quantitative estimate of drug-likeness (QED) is 0.891. The number of hydrogen-bond donors (Lipinski definition) is 1. The van der Waals surface area contributed by atoms with E-state index in [1.807, 2.05) is 19.2 Å². The van der Waals surface area contributed by atoms with Gasteiger partial charge in [0.1, 0.15) is 5.75 Å². The van der Waals surface area contributed by atoms with Gasteiger partial charge >= 0.3 is 0 Å². The number of benzene rings is 1. The smallest absolute Gasteiger partial charge is 0.182 e. The van der Waals surface area contributed by atoms with Gasteiger partial charge in [-0.1, -0.05) is 19.1 Å². The molecule has 2 aromatic rings. The molecule has 0 aliphatic heterocycles. The van der Waals surface area contributed by atoms with Gasteiger partial charge in [-0.3, -0.25) is 0 Å². The highest BCUT2D eigenvalue weighted by atomic mass is 32.1. The predicted molar refractivity (Wildman–Crippen MR) is 76.8 cm³/mol. The summed E-state index contributed by atoms with van der Waals surface area (Å²) in [6.45, 7) is 2.19. The third-order valence-electron chi connectivity index (χ3n) is 3.02. The second-order valence-electron chi connectivity index (χ2n) is 4.06. The first-order valence-corrected chi connectivity index (χ1v) is 6.93. The van der Waals surface area contributed by atoms with Crippen molar-refractivity contribution in [3.05, 3.63) is 40.9 Å². The fraction of sp³-hybridized carbons (Fsp3) is 0.357. The Morgan fingerprint density at radius 2 is 2.06 bits per heavy atom. The third-order valence-corrected chi connectivity index (χ3v) is 3.90. The van der Waals surface area contributed by atoms with E-state index in [1.54, 1.807) is 18.4 Å². The van der Waals surface area contributed by atoms with Crippen molar-refractivity contribution in [1.82, 2.24) is 4.98 Å². The zero-order chi connectivity index (χ0) is 13.0. The molecule has 1 N–H and O–H groups in total. The molecular formula is C14H18N2OS. The first-order valence-electron chi connectivity index (χ1n) is 6.05. The minimum absolute atomic E-state index is 0.356. The van der Waals surface area contributed by atoms with E-state index < -0.39 is 0 Å². The van der Waals surface area contributed by atoms with Gasteiger partial charge in [-0.05, 0) is 24.1 Å². The van der Waals surface area contributed by atoms with Gasteiger partial charge < -0.3 is 10.1 Å². The van der Waals surface area contributed by atoms with Crippen LogP contribution < -0.4 is 10.1 Å². The molecule has 18 heavy (non-hydrogen) atoms.